The summed E-state index contributed by atoms with van der Waals surface area (Å²) in [5.41, 5.74) is 2.59. The van der Waals surface area contributed by atoms with Crippen LogP contribution in [0.4, 0.5) is 11.4 Å². The third kappa shape index (κ3) is 4.29. The number of amides is 2. The molecule has 1 saturated heterocycles. The molecule has 0 unspecified atom stereocenters. The van der Waals surface area contributed by atoms with Gasteiger partial charge >= 0.3 is 0 Å². The average Bonchev–Trinajstić information content (AvgIpc) is 3.17. The molecule has 1 aromatic carbocycles. The summed E-state index contributed by atoms with van der Waals surface area (Å²) in [5.74, 6) is -0.392. The van der Waals surface area contributed by atoms with Gasteiger partial charge < -0.3 is 15.1 Å². The molecule has 2 aromatic heterocycles. The molecule has 30 heavy (non-hydrogen) atoms. The predicted octanol–water partition coefficient (Wildman–Crippen LogP) is 3.78. The van der Waals surface area contributed by atoms with E-state index in [1.165, 1.54) is 6.92 Å². The summed E-state index contributed by atoms with van der Waals surface area (Å²) in [5, 5.41) is 3.47. The Balaban J connectivity index is 1.54. The number of anilines is 2. The van der Waals surface area contributed by atoms with Gasteiger partial charge in [0.2, 0.25) is 5.91 Å². The number of halogens is 1. The lowest BCUT2D eigenvalue weighted by atomic mass is 10.2. The molecule has 0 bridgehead atoms. The number of carbonyl (C=O) groups excluding carboxylic acids is 2. The second-order valence-electron chi connectivity index (χ2n) is 6.89. The average molecular weight is 442 g/mol. The number of nitrogens with zero attached hydrogens (tertiary/aromatic N) is 4. The van der Waals surface area contributed by atoms with Crippen molar-refractivity contribution in [2.75, 3.05) is 36.4 Å². The van der Waals surface area contributed by atoms with Crippen molar-refractivity contribution < 1.29 is 9.59 Å². The first-order valence-electron chi connectivity index (χ1n) is 9.51. The molecule has 9 heteroatoms. The zero-order valence-electron chi connectivity index (χ0n) is 16.3. The van der Waals surface area contributed by atoms with Crippen LogP contribution in [-0.2, 0) is 4.79 Å². The lowest BCUT2D eigenvalue weighted by Gasteiger charge is -2.36. The number of nitrogens with one attached hydrogen (secondary N) is 1. The van der Waals surface area contributed by atoms with E-state index < -0.39 is 0 Å². The Bertz CT molecular complexity index is 1060. The van der Waals surface area contributed by atoms with Gasteiger partial charge in [0.15, 0.2) is 0 Å². The molecule has 3 aromatic rings. The Morgan fingerprint density at radius 2 is 1.90 bits per heavy atom. The number of rotatable bonds is 4. The van der Waals surface area contributed by atoms with Crippen molar-refractivity contribution in [3.63, 3.8) is 0 Å². The molecule has 1 fully saturated rings. The molecule has 0 atom stereocenters. The third-order valence-corrected chi connectivity index (χ3v) is 5.91. The third-order valence-electron chi connectivity index (χ3n) is 4.84. The van der Waals surface area contributed by atoms with Crippen LogP contribution in [0.15, 0.2) is 48.7 Å². The van der Waals surface area contributed by atoms with Crippen LogP contribution in [0, 0.1) is 0 Å². The van der Waals surface area contributed by atoms with Crippen LogP contribution >= 0.6 is 23.1 Å². The highest BCUT2D eigenvalue weighted by Gasteiger charge is 2.28. The summed E-state index contributed by atoms with van der Waals surface area (Å²) in [6, 6.07) is 13.2. The lowest BCUT2D eigenvalue weighted by Crippen LogP contribution is -2.48. The largest absolute Gasteiger partial charge is 0.368 e. The maximum Gasteiger partial charge on any atom is 0.267 e. The molecule has 0 aliphatic carbocycles. The highest BCUT2D eigenvalue weighted by molar-refractivity contribution is 7.09. The monoisotopic (exact) mass is 441 g/mol. The Hall–Kier alpha value is -2.97. The van der Waals surface area contributed by atoms with E-state index in [0.717, 1.165) is 17.2 Å². The van der Waals surface area contributed by atoms with Crippen LogP contribution in [0.5, 0.6) is 0 Å². The van der Waals surface area contributed by atoms with E-state index in [4.69, 9.17) is 11.6 Å². The van der Waals surface area contributed by atoms with Crippen LogP contribution in [0.1, 0.15) is 16.6 Å². The molecule has 0 saturated carbocycles. The normalized spacial score (nSPS) is 13.9. The Morgan fingerprint density at radius 3 is 2.57 bits per heavy atom. The molecule has 1 N–H and O–H groups in total. The minimum atomic E-state index is -0.257. The van der Waals surface area contributed by atoms with Crippen LogP contribution in [0.3, 0.4) is 0 Å². The molecule has 0 radical (unpaired) electrons. The second-order valence-corrected chi connectivity index (χ2v) is 8.10. The van der Waals surface area contributed by atoms with Crippen LogP contribution in [0.25, 0.3) is 11.4 Å². The molecule has 2 amide bonds. The summed E-state index contributed by atoms with van der Waals surface area (Å²) in [6.45, 7) is 3.96. The number of carbonyl (C=O) groups is 2. The molecule has 7 nitrogen and oxygen atoms in total. The molecule has 3 heterocycles. The van der Waals surface area contributed by atoms with Gasteiger partial charge in [0.1, 0.15) is 10.6 Å². The quantitative estimate of drug-likeness (QED) is 0.666. The SMILES string of the molecule is CC(=O)Nc1c(-c2ccccn2)nsc1C(=O)N1CCN(c2cccc(Cl)c2)CC1. The van der Waals surface area contributed by atoms with Gasteiger partial charge in [-0.25, -0.2) is 0 Å². The smallest absolute Gasteiger partial charge is 0.267 e. The minimum absolute atomic E-state index is 0.135. The van der Waals surface area contributed by atoms with E-state index >= 15 is 0 Å². The summed E-state index contributed by atoms with van der Waals surface area (Å²) in [7, 11) is 0. The van der Waals surface area contributed by atoms with Gasteiger partial charge in [-0.15, -0.1) is 0 Å². The standard InChI is InChI=1S/C21H20ClN5O2S/c1-14(28)24-19-18(17-7-2-3-8-23-17)25-30-20(19)21(29)27-11-9-26(10-12-27)16-6-4-5-15(22)13-16/h2-8,13H,9-12H2,1H3,(H,24,28). The lowest BCUT2D eigenvalue weighted by molar-refractivity contribution is -0.114. The van der Waals surface area contributed by atoms with Gasteiger partial charge in [-0.05, 0) is 41.9 Å². The zero-order valence-corrected chi connectivity index (χ0v) is 17.9. The van der Waals surface area contributed by atoms with Crippen LogP contribution in [0.2, 0.25) is 5.02 Å². The van der Waals surface area contributed by atoms with Gasteiger partial charge in [-0.2, -0.15) is 4.37 Å². The number of hydrogen-bond donors (Lipinski definition) is 1. The van der Waals surface area contributed by atoms with E-state index in [0.29, 0.717) is 53.2 Å². The fourth-order valence-electron chi connectivity index (χ4n) is 3.39. The second kappa shape index (κ2) is 8.81. The van der Waals surface area contributed by atoms with Gasteiger partial charge in [0.05, 0.1) is 11.4 Å². The molecule has 4 rings (SSSR count). The van der Waals surface area contributed by atoms with Gasteiger partial charge in [-0.1, -0.05) is 23.7 Å². The maximum atomic E-state index is 13.2. The van der Waals surface area contributed by atoms with E-state index in [2.05, 4.69) is 19.6 Å². The van der Waals surface area contributed by atoms with Crippen molar-refractivity contribution in [3.8, 4) is 11.4 Å². The van der Waals surface area contributed by atoms with Crippen LogP contribution < -0.4 is 10.2 Å². The number of piperazine rings is 1. The fraction of sp³-hybridized carbons (Fsp3) is 0.238. The van der Waals surface area contributed by atoms with Crippen molar-refractivity contribution in [2.45, 2.75) is 6.92 Å². The minimum Gasteiger partial charge on any atom is -0.368 e. The Kier molecular flexibility index (Phi) is 5.96. The van der Waals surface area contributed by atoms with Crippen molar-refractivity contribution in [2.24, 2.45) is 0 Å². The van der Waals surface area contributed by atoms with Crippen molar-refractivity contribution in [3.05, 3.63) is 58.6 Å². The summed E-state index contributed by atoms with van der Waals surface area (Å²) in [4.78, 5) is 33.7. The Labute approximate surface area is 183 Å². The van der Waals surface area contributed by atoms with E-state index in [1.54, 1.807) is 23.2 Å². The highest BCUT2D eigenvalue weighted by Crippen LogP contribution is 2.33. The van der Waals surface area contributed by atoms with Crippen molar-refractivity contribution in [1.82, 2.24) is 14.3 Å². The van der Waals surface area contributed by atoms with Gasteiger partial charge in [0.25, 0.3) is 5.91 Å². The summed E-state index contributed by atoms with van der Waals surface area (Å²) >= 11 is 7.19. The molecule has 1 aliphatic heterocycles. The number of benzene rings is 1. The van der Waals surface area contributed by atoms with Crippen molar-refractivity contribution in [1.29, 1.82) is 0 Å². The van der Waals surface area contributed by atoms with E-state index in [1.807, 2.05) is 30.3 Å². The van der Waals surface area contributed by atoms with Gasteiger partial charge in [-0.3, -0.25) is 14.6 Å². The maximum absolute atomic E-state index is 13.2. The summed E-state index contributed by atoms with van der Waals surface area (Å²) in [6.07, 6.45) is 1.66. The zero-order chi connectivity index (χ0) is 21.1. The first-order chi connectivity index (χ1) is 14.5. The summed E-state index contributed by atoms with van der Waals surface area (Å²) < 4.78 is 4.42. The molecule has 1 aliphatic rings. The number of pyridine rings is 1. The first-order valence-corrected chi connectivity index (χ1v) is 10.7. The predicted molar refractivity (Wildman–Crippen MR) is 119 cm³/mol. The molecule has 154 valence electrons. The van der Waals surface area contributed by atoms with E-state index in [9.17, 15) is 9.59 Å². The Morgan fingerprint density at radius 1 is 1.10 bits per heavy atom. The van der Waals surface area contributed by atoms with Crippen molar-refractivity contribution >= 4 is 46.3 Å². The number of hydrogen-bond acceptors (Lipinski definition) is 6. The van der Waals surface area contributed by atoms with Crippen LogP contribution in [-0.4, -0.2) is 52.3 Å². The van der Waals surface area contributed by atoms with E-state index in [-0.39, 0.29) is 11.8 Å². The highest BCUT2D eigenvalue weighted by atomic mass is 35.5. The fourth-order valence-corrected chi connectivity index (χ4v) is 4.39. The van der Waals surface area contributed by atoms with Gasteiger partial charge in [0, 0.05) is 50.0 Å². The topological polar surface area (TPSA) is 78.4 Å². The molecular formula is C21H20ClN5O2S. The first kappa shape index (κ1) is 20.3. The molecular weight excluding hydrogens is 422 g/mol. The molecule has 0 spiro atoms. The number of aromatic nitrogens is 2.